The molecule has 1 unspecified atom stereocenters. The van der Waals surface area contributed by atoms with Crippen molar-refractivity contribution in [2.45, 2.75) is 25.8 Å². The summed E-state index contributed by atoms with van der Waals surface area (Å²) in [5.74, 6) is 5.30. The largest absolute Gasteiger partial charge is 0.374 e. The second-order valence-electron chi connectivity index (χ2n) is 5.07. The monoisotopic (exact) mass is 293 g/mol. The summed E-state index contributed by atoms with van der Waals surface area (Å²) < 4.78 is 0. The van der Waals surface area contributed by atoms with E-state index in [0.717, 1.165) is 25.9 Å². The van der Waals surface area contributed by atoms with Gasteiger partial charge in [-0.05, 0) is 25.8 Å². The molecular weight excluding hydrogens is 274 g/mol. The number of benzene rings is 1. The number of amides is 1. The molecule has 1 fully saturated rings. The smallest absolute Gasteiger partial charge is 0.273 e. The van der Waals surface area contributed by atoms with Gasteiger partial charge in [0.15, 0.2) is 0 Å². The predicted molar refractivity (Wildman–Crippen MR) is 79.8 cm³/mol. The zero-order valence-corrected chi connectivity index (χ0v) is 11.8. The summed E-state index contributed by atoms with van der Waals surface area (Å²) in [6.07, 6.45) is 2.05. The normalized spacial score (nSPS) is 15.6. The molecule has 114 valence electrons. The van der Waals surface area contributed by atoms with Crippen LogP contribution in [0.2, 0.25) is 0 Å². The topological polar surface area (TPSA) is 114 Å². The zero-order valence-electron chi connectivity index (χ0n) is 11.8. The summed E-state index contributed by atoms with van der Waals surface area (Å²) in [5.41, 5.74) is 3.18. The van der Waals surface area contributed by atoms with Gasteiger partial charge in [-0.2, -0.15) is 0 Å². The Morgan fingerprint density at radius 1 is 1.33 bits per heavy atom. The maximum Gasteiger partial charge on any atom is 0.273 e. The molecule has 0 aromatic heterocycles. The summed E-state index contributed by atoms with van der Waals surface area (Å²) in [4.78, 5) is 24.4. The van der Waals surface area contributed by atoms with E-state index in [4.69, 9.17) is 5.84 Å². The van der Waals surface area contributed by atoms with Crippen LogP contribution in [0.15, 0.2) is 18.2 Å². The molecular formula is C13H19N5O3. The molecule has 0 spiro atoms. The van der Waals surface area contributed by atoms with Crippen molar-refractivity contribution in [3.8, 4) is 0 Å². The van der Waals surface area contributed by atoms with Gasteiger partial charge >= 0.3 is 0 Å². The van der Waals surface area contributed by atoms with Crippen LogP contribution in [0.5, 0.6) is 0 Å². The Bertz CT molecular complexity index is 543. The number of nitrogens with one attached hydrogen (secondary N) is 2. The fourth-order valence-electron chi connectivity index (χ4n) is 2.41. The van der Waals surface area contributed by atoms with Gasteiger partial charge in [0.05, 0.1) is 10.6 Å². The maximum atomic E-state index is 12.2. The molecule has 0 saturated carbocycles. The number of nitrogens with zero attached hydrogens (tertiary/aromatic N) is 2. The van der Waals surface area contributed by atoms with Crippen LogP contribution in [-0.2, 0) is 4.79 Å². The molecule has 0 aliphatic carbocycles. The van der Waals surface area contributed by atoms with Gasteiger partial charge in [0, 0.05) is 30.9 Å². The number of carbonyl (C=O) groups excluding carboxylic acids is 1. The fraction of sp³-hybridized carbons (Fsp3) is 0.462. The number of nitrogen functional groups attached to an aromatic ring is 1. The molecule has 8 nitrogen and oxygen atoms in total. The Balaban J connectivity index is 2.12. The van der Waals surface area contributed by atoms with Crippen LogP contribution >= 0.6 is 0 Å². The van der Waals surface area contributed by atoms with E-state index in [9.17, 15) is 14.9 Å². The summed E-state index contributed by atoms with van der Waals surface area (Å²) in [5, 5.41) is 13.9. The van der Waals surface area contributed by atoms with Crippen molar-refractivity contribution in [2.24, 2.45) is 5.84 Å². The van der Waals surface area contributed by atoms with Crippen LogP contribution in [0.3, 0.4) is 0 Å². The van der Waals surface area contributed by atoms with Gasteiger partial charge in [0.1, 0.15) is 6.04 Å². The first-order valence-electron chi connectivity index (χ1n) is 6.82. The minimum absolute atomic E-state index is 0.00117. The lowest BCUT2D eigenvalue weighted by Crippen LogP contribution is -2.39. The molecule has 8 heteroatoms. The summed E-state index contributed by atoms with van der Waals surface area (Å²) in [6.45, 7) is 3.29. The standard InChI is InChI=1S/C13H19N5O3/c1-9(13(19)17-4-2-3-5-17)15-10-6-11(16-14)8-12(7-10)18(20)21/h6-9,15-16H,2-5,14H2,1H3. The molecule has 1 aromatic carbocycles. The molecule has 1 atom stereocenters. The third-order valence-electron chi connectivity index (χ3n) is 3.47. The average Bonchev–Trinajstić information content (AvgIpc) is 3.00. The first-order valence-corrected chi connectivity index (χ1v) is 6.82. The number of hydrogen-bond donors (Lipinski definition) is 3. The average molecular weight is 293 g/mol. The lowest BCUT2D eigenvalue weighted by molar-refractivity contribution is -0.384. The van der Waals surface area contributed by atoms with Gasteiger partial charge in [-0.3, -0.25) is 20.8 Å². The zero-order chi connectivity index (χ0) is 15.4. The van der Waals surface area contributed by atoms with E-state index in [1.807, 2.05) is 0 Å². The second kappa shape index (κ2) is 6.40. The van der Waals surface area contributed by atoms with Gasteiger partial charge in [0.2, 0.25) is 5.91 Å². The summed E-state index contributed by atoms with van der Waals surface area (Å²) in [7, 11) is 0. The van der Waals surface area contributed by atoms with Gasteiger partial charge in [-0.1, -0.05) is 0 Å². The Labute approximate surface area is 122 Å². The van der Waals surface area contributed by atoms with Crippen molar-refractivity contribution in [3.63, 3.8) is 0 Å². The van der Waals surface area contributed by atoms with Crippen molar-refractivity contribution in [1.29, 1.82) is 0 Å². The number of hydrazine groups is 1. The molecule has 1 aromatic rings. The summed E-state index contributed by atoms with van der Waals surface area (Å²) >= 11 is 0. The van der Waals surface area contributed by atoms with E-state index < -0.39 is 11.0 Å². The number of non-ortho nitro benzene ring substituents is 1. The summed E-state index contributed by atoms with van der Waals surface area (Å²) in [6, 6.07) is 3.89. The molecule has 21 heavy (non-hydrogen) atoms. The van der Waals surface area contributed by atoms with E-state index >= 15 is 0 Å². The lowest BCUT2D eigenvalue weighted by atomic mass is 10.2. The predicted octanol–water partition coefficient (Wildman–Crippen LogP) is 1.30. The van der Waals surface area contributed by atoms with E-state index in [-0.39, 0.29) is 11.6 Å². The quantitative estimate of drug-likeness (QED) is 0.428. The number of carbonyl (C=O) groups is 1. The van der Waals surface area contributed by atoms with E-state index in [1.54, 1.807) is 17.9 Å². The van der Waals surface area contributed by atoms with Crippen LogP contribution < -0.4 is 16.6 Å². The number of nitro benzene ring substituents is 1. The molecule has 4 N–H and O–H groups in total. The molecule has 1 amide bonds. The third kappa shape index (κ3) is 3.60. The number of nitrogens with two attached hydrogens (primary N) is 1. The van der Waals surface area contributed by atoms with Gasteiger partial charge in [-0.15, -0.1) is 0 Å². The lowest BCUT2D eigenvalue weighted by Gasteiger charge is -2.22. The Kier molecular flexibility index (Phi) is 4.59. The number of hydrogen-bond acceptors (Lipinski definition) is 6. The minimum atomic E-state index is -0.501. The number of nitro groups is 1. The van der Waals surface area contributed by atoms with Crippen LogP contribution in [-0.4, -0.2) is 34.9 Å². The molecule has 1 heterocycles. The second-order valence-corrected chi connectivity index (χ2v) is 5.07. The molecule has 1 aliphatic rings. The molecule has 1 saturated heterocycles. The van der Waals surface area contributed by atoms with Gasteiger partial charge < -0.3 is 15.6 Å². The van der Waals surface area contributed by atoms with Crippen LogP contribution in [0.1, 0.15) is 19.8 Å². The highest BCUT2D eigenvalue weighted by molar-refractivity contribution is 5.85. The van der Waals surface area contributed by atoms with Crippen molar-refractivity contribution >= 4 is 23.0 Å². The van der Waals surface area contributed by atoms with Gasteiger partial charge in [-0.25, -0.2) is 0 Å². The van der Waals surface area contributed by atoms with Crippen LogP contribution in [0, 0.1) is 10.1 Å². The first-order chi connectivity index (χ1) is 10.0. The fourth-order valence-corrected chi connectivity index (χ4v) is 2.41. The number of anilines is 2. The van der Waals surface area contributed by atoms with E-state index in [2.05, 4.69) is 10.7 Å². The van der Waals surface area contributed by atoms with Gasteiger partial charge in [0.25, 0.3) is 5.69 Å². The van der Waals surface area contributed by atoms with Crippen molar-refractivity contribution in [3.05, 3.63) is 28.3 Å². The Hall–Kier alpha value is -2.35. The van der Waals surface area contributed by atoms with Crippen LogP contribution in [0.4, 0.5) is 17.1 Å². The SMILES string of the molecule is CC(Nc1cc(NN)cc([N+](=O)[O-])c1)C(=O)N1CCCC1. The van der Waals surface area contributed by atoms with Crippen LogP contribution in [0.25, 0.3) is 0 Å². The molecule has 1 aliphatic heterocycles. The highest BCUT2D eigenvalue weighted by Crippen LogP contribution is 2.24. The minimum Gasteiger partial charge on any atom is -0.374 e. The number of likely N-dealkylation sites (tertiary alicyclic amines) is 1. The van der Waals surface area contributed by atoms with Crippen molar-refractivity contribution in [1.82, 2.24) is 4.90 Å². The van der Waals surface area contributed by atoms with E-state index in [1.165, 1.54) is 12.1 Å². The third-order valence-corrected chi connectivity index (χ3v) is 3.47. The van der Waals surface area contributed by atoms with Crippen molar-refractivity contribution < 1.29 is 9.72 Å². The molecule has 2 rings (SSSR count). The highest BCUT2D eigenvalue weighted by Gasteiger charge is 2.23. The number of rotatable bonds is 5. The molecule has 0 radical (unpaired) electrons. The Morgan fingerprint density at radius 2 is 1.95 bits per heavy atom. The first kappa shape index (κ1) is 15.0. The van der Waals surface area contributed by atoms with Crippen molar-refractivity contribution in [2.75, 3.05) is 23.8 Å². The Morgan fingerprint density at radius 3 is 2.52 bits per heavy atom. The van der Waals surface area contributed by atoms with E-state index in [0.29, 0.717) is 11.4 Å². The highest BCUT2D eigenvalue weighted by atomic mass is 16.6. The maximum absolute atomic E-state index is 12.2. The molecule has 0 bridgehead atoms.